The van der Waals surface area contributed by atoms with E-state index in [1.54, 1.807) is 24.4 Å². The highest BCUT2D eigenvalue weighted by atomic mass is 32.1. The summed E-state index contributed by atoms with van der Waals surface area (Å²) in [5, 5.41) is 0. The molecule has 2 aromatic heterocycles. The number of aromatic nitrogens is 4. The summed E-state index contributed by atoms with van der Waals surface area (Å²) in [6.45, 7) is 1.28. The second kappa shape index (κ2) is 6.48. The van der Waals surface area contributed by atoms with Crippen molar-refractivity contribution in [3.05, 3.63) is 42.4 Å². The van der Waals surface area contributed by atoms with Crippen LogP contribution in [0.2, 0.25) is 0 Å². The first-order chi connectivity index (χ1) is 11.8. The number of piperidine rings is 1. The Hall–Kier alpha value is -2.61. The van der Waals surface area contributed by atoms with Crippen molar-refractivity contribution in [1.29, 1.82) is 0 Å². The van der Waals surface area contributed by atoms with Gasteiger partial charge >= 0.3 is 0 Å². The summed E-state index contributed by atoms with van der Waals surface area (Å²) >= 11 is 1.15. The molecule has 1 saturated heterocycles. The van der Waals surface area contributed by atoms with Crippen molar-refractivity contribution < 1.29 is 9.53 Å². The third-order valence-electron chi connectivity index (χ3n) is 4.01. The predicted octanol–water partition coefficient (Wildman–Crippen LogP) is 2.16. The first kappa shape index (κ1) is 14.9. The van der Waals surface area contributed by atoms with E-state index in [1.165, 1.54) is 6.33 Å². The number of rotatable bonds is 3. The van der Waals surface area contributed by atoms with Crippen LogP contribution in [0.15, 0.2) is 36.8 Å². The first-order valence-corrected chi connectivity index (χ1v) is 8.47. The van der Waals surface area contributed by atoms with E-state index in [-0.39, 0.29) is 12.0 Å². The zero-order valence-corrected chi connectivity index (χ0v) is 13.6. The van der Waals surface area contributed by atoms with Crippen LogP contribution in [-0.2, 0) is 0 Å². The van der Waals surface area contributed by atoms with E-state index in [2.05, 4.69) is 18.7 Å². The Bertz CT molecular complexity index is 854. The second-order valence-electron chi connectivity index (χ2n) is 5.65. The van der Waals surface area contributed by atoms with Gasteiger partial charge in [0.25, 0.3) is 5.91 Å². The molecule has 0 radical (unpaired) electrons. The average Bonchev–Trinajstić information content (AvgIpc) is 3.10. The molecule has 1 amide bonds. The van der Waals surface area contributed by atoms with Crippen LogP contribution in [0.1, 0.15) is 23.2 Å². The lowest BCUT2D eigenvalue weighted by Crippen LogP contribution is -2.44. The summed E-state index contributed by atoms with van der Waals surface area (Å²) in [7, 11) is 0. The maximum atomic E-state index is 12.8. The van der Waals surface area contributed by atoms with Gasteiger partial charge in [-0.05, 0) is 31.0 Å². The molecule has 0 N–H and O–H groups in total. The number of ether oxygens (including phenoxy) is 1. The minimum Gasteiger partial charge on any atom is -0.472 e. The van der Waals surface area contributed by atoms with Gasteiger partial charge in [0.05, 0.1) is 18.3 Å². The van der Waals surface area contributed by atoms with Gasteiger partial charge in [0.1, 0.15) is 23.5 Å². The third kappa shape index (κ3) is 3.05. The van der Waals surface area contributed by atoms with Gasteiger partial charge in [0.15, 0.2) is 0 Å². The number of benzene rings is 1. The van der Waals surface area contributed by atoms with Crippen molar-refractivity contribution >= 4 is 28.7 Å². The smallest absolute Gasteiger partial charge is 0.254 e. The van der Waals surface area contributed by atoms with Crippen LogP contribution in [0.4, 0.5) is 0 Å². The molecule has 4 rings (SSSR count). The number of hydrogen-bond donors (Lipinski definition) is 0. The molecule has 1 aliphatic rings. The van der Waals surface area contributed by atoms with E-state index in [4.69, 9.17) is 4.74 Å². The van der Waals surface area contributed by atoms with Crippen molar-refractivity contribution in [2.45, 2.75) is 18.9 Å². The zero-order valence-electron chi connectivity index (χ0n) is 12.8. The van der Waals surface area contributed by atoms with Crippen molar-refractivity contribution in [3.8, 4) is 5.88 Å². The van der Waals surface area contributed by atoms with Crippen molar-refractivity contribution in [1.82, 2.24) is 23.6 Å². The molecule has 8 heteroatoms. The number of hydrogen-bond acceptors (Lipinski definition) is 7. The third-order valence-corrected chi connectivity index (χ3v) is 4.57. The van der Waals surface area contributed by atoms with Gasteiger partial charge in [-0.1, -0.05) is 0 Å². The molecule has 0 bridgehead atoms. The van der Waals surface area contributed by atoms with Crippen LogP contribution in [-0.4, -0.2) is 48.7 Å². The maximum absolute atomic E-state index is 12.8. The highest BCUT2D eigenvalue weighted by Crippen LogP contribution is 2.20. The lowest BCUT2D eigenvalue weighted by Gasteiger charge is -2.32. The molecule has 7 nitrogen and oxygen atoms in total. The van der Waals surface area contributed by atoms with Gasteiger partial charge in [-0.15, -0.1) is 0 Å². The summed E-state index contributed by atoms with van der Waals surface area (Å²) in [5.41, 5.74) is 2.22. The largest absolute Gasteiger partial charge is 0.472 e. The van der Waals surface area contributed by atoms with E-state index in [9.17, 15) is 4.79 Å². The van der Waals surface area contributed by atoms with Gasteiger partial charge in [0, 0.05) is 24.4 Å². The number of likely N-dealkylation sites (tertiary alicyclic amines) is 1. The van der Waals surface area contributed by atoms with E-state index < -0.39 is 0 Å². The van der Waals surface area contributed by atoms with Crippen LogP contribution in [0.3, 0.4) is 0 Å². The summed E-state index contributed by atoms with van der Waals surface area (Å²) in [5.74, 6) is 0.542. The van der Waals surface area contributed by atoms with Crippen LogP contribution < -0.4 is 4.74 Å². The molecule has 1 aliphatic heterocycles. The Morgan fingerprint density at radius 1 is 1.25 bits per heavy atom. The monoisotopic (exact) mass is 341 g/mol. The summed E-state index contributed by atoms with van der Waals surface area (Å²) in [4.78, 5) is 22.5. The number of carbonyl (C=O) groups excluding carboxylic acids is 1. The van der Waals surface area contributed by atoms with Crippen molar-refractivity contribution in [3.63, 3.8) is 0 Å². The molecule has 24 heavy (non-hydrogen) atoms. The number of fused-ring (bicyclic) bond motifs is 1. The molecule has 1 aromatic carbocycles. The van der Waals surface area contributed by atoms with Crippen LogP contribution in [0.5, 0.6) is 5.88 Å². The van der Waals surface area contributed by atoms with Gasteiger partial charge in [-0.2, -0.15) is 8.75 Å². The minimum absolute atomic E-state index is 0.000822. The van der Waals surface area contributed by atoms with E-state index in [0.717, 1.165) is 42.1 Å². The average molecular weight is 341 g/mol. The number of carbonyl (C=O) groups is 1. The van der Waals surface area contributed by atoms with Crippen LogP contribution in [0, 0.1) is 0 Å². The molecule has 0 saturated carbocycles. The predicted molar refractivity (Wildman–Crippen MR) is 89.0 cm³/mol. The molecule has 0 unspecified atom stereocenters. The Morgan fingerprint density at radius 3 is 3.04 bits per heavy atom. The van der Waals surface area contributed by atoms with E-state index in [0.29, 0.717) is 18.0 Å². The Morgan fingerprint density at radius 2 is 2.17 bits per heavy atom. The Labute approximate surface area is 142 Å². The lowest BCUT2D eigenvalue weighted by molar-refractivity contribution is 0.0527. The molecule has 122 valence electrons. The first-order valence-electron chi connectivity index (χ1n) is 7.74. The Kier molecular flexibility index (Phi) is 4.04. The van der Waals surface area contributed by atoms with Gasteiger partial charge in [-0.25, -0.2) is 9.97 Å². The summed E-state index contributed by atoms with van der Waals surface area (Å²) in [6, 6.07) is 7.17. The van der Waals surface area contributed by atoms with Crippen molar-refractivity contribution in [2.75, 3.05) is 13.1 Å². The molecular weight excluding hydrogens is 326 g/mol. The molecule has 1 atom stereocenters. The molecule has 3 aromatic rings. The minimum atomic E-state index is -0.0535. The zero-order chi connectivity index (χ0) is 16.4. The fourth-order valence-corrected chi connectivity index (χ4v) is 3.35. The highest BCUT2D eigenvalue weighted by molar-refractivity contribution is 7.00. The van der Waals surface area contributed by atoms with E-state index >= 15 is 0 Å². The maximum Gasteiger partial charge on any atom is 0.254 e. The molecule has 3 heterocycles. The van der Waals surface area contributed by atoms with Crippen molar-refractivity contribution in [2.24, 2.45) is 0 Å². The lowest BCUT2D eigenvalue weighted by atomic mass is 10.1. The standard InChI is InChI=1S/C16H15N5O2S/c22-16(11-3-4-13-14(8-11)20-24-19-13)21-7-1-2-12(9-21)23-15-5-6-17-10-18-15/h3-6,8,10,12H,1-2,7,9H2/t12-/m0/s1. The van der Waals surface area contributed by atoms with Crippen LogP contribution in [0.25, 0.3) is 11.0 Å². The molecule has 0 spiro atoms. The summed E-state index contributed by atoms with van der Waals surface area (Å²) < 4.78 is 14.2. The SMILES string of the molecule is O=C(c1ccc2nsnc2c1)N1CCC[C@H](Oc2ccncn2)C1. The second-order valence-corrected chi connectivity index (χ2v) is 6.18. The van der Waals surface area contributed by atoms with E-state index in [1.807, 2.05) is 11.0 Å². The summed E-state index contributed by atoms with van der Waals surface area (Å²) in [6.07, 6.45) is 4.86. The Balaban J connectivity index is 1.47. The topological polar surface area (TPSA) is 81.1 Å². The van der Waals surface area contributed by atoms with Gasteiger partial charge < -0.3 is 9.64 Å². The molecule has 0 aliphatic carbocycles. The number of amides is 1. The molecule has 1 fully saturated rings. The fraction of sp³-hybridized carbons (Fsp3) is 0.312. The molecular formula is C16H15N5O2S. The van der Waals surface area contributed by atoms with Gasteiger partial charge in [-0.3, -0.25) is 4.79 Å². The van der Waals surface area contributed by atoms with Crippen LogP contribution >= 0.6 is 11.7 Å². The quantitative estimate of drug-likeness (QED) is 0.726. The number of nitrogens with zero attached hydrogens (tertiary/aromatic N) is 5. The fourth-order valence-electron chi connectivity index (χ4n) is 2.84. The highest BCUT2D eigenvalue weighted by Gasteiger charge is 2.26. The van der Waals surface area contributed by atoms with Gasteiger partial charge in [0.2, 0.25) is 5.88 Å². The normalized spacial score (nSPS) is 17.8.